The van der Waals surface area contributed by atoms with Crippen molar-refractivity contribution in [3.8, 4) is 6.07 Å². The fourth-order valence-corrected chi connectivity index (χ4v) is 7.01. The lowest BCUT2D eigenvalue weighted by Crippen LogP contribution is -2.31. The maximum absolute atomic E-state index is 13.6. The number of furan rings is 1. The van der Waals surface area contributed by atoms with E-state index in [1.807, 2.05) is 48.5 Å². The van der Waals surface area contributed by atoms with Crippen LogP contribution >= 0.6 is 34.4 Å². The number of thiazole rings is 2. The molecule has 0 bridgehead atoms. The lowest BCUT2D eigenvalue weighted by molar-refractivity contribution is -0.114. The minimum absolute atomic E-state index is 0.0365. The van der Waals surface area contributed by atoms with E-state index in [1.54, 1.807) is 19.1 Å². The molecule has 1 aliphatic rings. The molecular weight excluding hydrogens is 565 g/mol. The van der Waals surface area contributed by atoms with Crippen LogP contribution in [0.15, 0.2) is 93.2 Å². The lowest BCUT2D eigenvalue weighted by Gasteiger charge is -2.28. The van der Waals surface area contributed by atoms with Crippen molar-refractivity contribution < 1.29 is 14.0 Å². The zero-order valence-electron chi connectivity index (χ0n) is 20.9. The summed E-state index contributed by atoms with van der Waals surface area (Å²) in [5.74, 6) is -0.925. The van der Waals surface area contributed by atoms with Crippen LogP contribution in [0.3, 0.4) is 0 Å². The molecule has 2 amide bonds. The van der Waals surface area contributed by atoms with E-state index >= 15 is 0 Å². The highest BCUT2D eigenvalue weighted by molar-refractivity contribution is 8.03. The number of hydrogen-bond acceptors (Lipinski definition) is 10. The number of nitrogens with zero attached hydrogens (tertiary/aromatic N) is 3. The highest BCUT2D eigenvalue weighted by Gasteiger charge is 2.36. The molecule has 0 fully saturated rings. The quantitative estimate of drug-likeness (QED) is 0.206. The normalized spacial score (nSPS) is 15.2. The molecule has 6 rings (SSSR count). The second-order valence-corrected chi connectivity index (χ2v) is 11.8. The van der Waals surface area contributed by atoms with E-state index in [9.17, 15) is 14.9 Å². The molecule has 198 valence electrons. The number of anilines is 2. The molecule has 0 radical (unpaired) electrons. The number of dihydropyridines is 1. The van der Waals surface area contributed by atoms with Gasteiger partial charge < -0.3 is 15.1 Å². The molecule has 0 saturated heterocycles. The first kappa shape index (κ1) is 25.8. The molecule has 12 heteroatoms. The van der Waals surface area contributed by atoms with E-state index in [0.29, 0.717) is 32.3 Å². The van der Waals surface area contributed by atoms with Gasteiger partial charge in [0.15, 0.2) is 10.3 Å². The Hall–Kier alpha value is -4.44. The Kier molecular flexibility index (Phi) is 7.08. The van der Waals surface area contributed by atoms with Crippen LogP contribution in [0.1, 0.15) is 18.6 Å². The van der Waals surface area contributed by atoms with Gasteiger partial charge in [-0.25, -0.2) is 9.97 Å². The third-order valence-electron chi connectivity index (χ3n) is 6.12. The van der Waals surface area contributed by atoms with Crippen LogP contribution in [0, 0.1) is 11.3 Å². The predicted octanol–water partition coefficient (Wildman–Crippen LogP) is 6.21. The van der Waals surface area contributed by atoms with Gasteiger partial charge in [-0.1, -0.05) is 58.7 Å². The first-order chi connectivity index (χ1) is 19.5. The molecule has 3 aromatic heterocycles. The maximum atomic E-state index is 13.6. The molecule has 5 aromatic rings. The monoisotopic (exact) mass is 584 g/mol. The van der Waals surface area contributed by atoms with Crippen LogP contribution in [-0.4, -0.2) is 27.5 Å². The highest BCUT2D eigenvalue weighted by atomic mass is 32.2. The SMILES string of the molecule is CC1=C(C(=O)Nc2nc3ccccc3s2)[C@@H](c2ccco2)C(C#N)=C(SCC(=O)Nc2nc3ccccc3s2)N1. The molecular formula is C28H20N6O3S3. The summed E-state index contributed by atoms with van der Waals surface area (Å²) in [5.41, 5.74) is 2.78. The van der Waals surface area contributed by atoms with Crippen LogP contribution < -0.4 is 16.0 Å². The van der Waals surface area contributed by atoms with Crippen molar-refractivity contribution in [2.45, 2.75) is 12.8 Å². The zero-order valence-corrected chi connectivity index (χ0v) is 23.4. The summed E-state index contributed by atoms with van der Waals surface area (Å²) in [6, 6.07) is 21.0. The smallest absolute Gasteiger partial charge is 0.256 e. The third-order valence-corrected chi connectivity index (χ3v) is 9.04. The molecule has 0 saturated carbocycles. The fraction of sp³-hybridized carbons (Fsp3) is 0.107. The van der Waals surface area contributed by atoms with Gasteiger partial charge in [-0.05, 0) is 43.3 Å². The average molecular weight is 585 g/mol. The Labute approximate surface area is 240 Å². The number of para-hydroxylation sites is 2. The third kappa shape index (κ3) is 5.10. The van der Waals surface area contributed by atoms with Gasteiger partial charge in [0.05, 0.1) is 60.6 Å². The number of thioether (sulfide) groups is 1. The minimum Gasteiger partial charge on any atom is -0.468 e. The van der Waals surface area contributed by atoms with Gasteiger partial charge in [-0.2, -0.15) is 5.26 Å². The van der Waals surface area contributed by atoms with Crippen molar-refractivity contribution in [3.05, 3.63) is 94.6 Å². The Morgan fingerprint density at radius 3 is 2.25 bits per heavy atom. The highest BCUT2D eigenvalue weighted by Crippen LogP contribution is 2.41. The topological polar surface area (TPSA) is 133 Å². The summed E-state index contributed by atoms with van der Waals surface area (Å²) in [5, 5.41) is 20.6. The number of amides is 2. The lowest BCUT2D eigenvalue weighted by atomic mass is 9.85. The second kappa shape index (κ2) is 11.0. The van der Waals surface area contributed by atoms with E-state index in [0.717, 1.165) is 20.4 Å². The van der Waals surface area contributed by atoms with Crippen LogP contribution in [0.5, 0.6) is 0 Å². The van der Waals surface area contributed by atoms with Crippen LogP contribution in [0.2, 0.25) is 0 Å². The van der Waals surface area contributed by atoms with Crippen molar-refractivity contribution >= 4 is 76.9 Å². The van der Waals surface area contributed by atoms with Gasteiger partial charge in [0.1, 0.15) is 5.76 Å². The Bertz CT molecular complexity index is 1800. The molecule has 2 aromatic carbocycles. The van der Waals surface area contributed by atoms with E-state index in [4.69, 9.17) is 4.42 Å². The van der Waals surface area contributed by atoms with E-state index < -0.39 is 11.8 Å². The first-order valence-corrected chi connectivity index (χ1v) is 14.7. The Morgan fingerprint density at radius 2 is 1.65 bits per heavy atom. The van der Waals surface area contributed by atoms with Gasteiger partial charge in [0.2, 0.25) is 5.91 Å². The van der Waals surface area contributed by atoms with Crippen molar-refractivity contribution in [2.75, 3.05) is 16.4 Å². The number of nitriles is 1. The summed E-state index contributed by atoms with van der Waals surface area (Å²) >= 11 is 3.95. The number of allylic oxidation sites excluding steroid dienone is 2. The molecule has 0 spiro atoms. The average Bonchev–Trinajstić information content (AvgIpc) is 3.70. The van der Waals surface area contributed by atoms with Gasteiger partial charge in [0.25, 0.3) is 5.91 Å². The first-order valence-electron chi connectivity index (χ1n) is 12.1. The van der Waals surface area contributed by atoms with Crippen LogP contribution in [0.25, 0.3) is 20.4 Å². The van der Waals surface area contributed by atoms with Crippen LogP contribution in [0.4, 0.5) is 10.3 Å². The van der Waals surface area contributed by atoms with Gasteiger partial charge in [-0.3, -0.25) is 14.9 Å². The van der Waals surface area contributed by atoms with E-state index in [-0.39, 0.29) is 17.2 Å². The van der Waals surface area contributed by atoms with Gasteiger partial charge in [0, 0.05) is 5.70 Å². The van der Waals surface area contributed by atoms with Crippen LogP contribution in [-0.2, 0) is 9.59 Å². The molecule has 1 aliphatic heterocycles. The van der Waals surface area contributed by atoms with Crippen molar-refractivity contribution in [3.63, 3.8) is 0 Å². The van der Waals surface area contributed by atoms with Crippen molar-refractivity contribution in [2.24, 2.45) is 0 Å². The van der Waals surface area contributed by atoms with E-state index in [1.165, 1.54) is 40.7 Å². The van der Waals surface area contributed by atoms with Crippen molar-refractivity contribution in [1.82, 2.24) is 15.3 Å². The largest absolute Gasteiger partial charge is 0.468 e. The number of hydrogen-bond donors (Lipinski definition) is 3. The Balaban J connectivity index is 1.23. The number of rotatable bonds is 7. The molecule has 3 N–H and O–H groups in total. The summed E-state index contributed by atoms with van der Waals surface area (Å²) in [6.07, 6.45) is 1.50. The number of carbonyl (C=O) groups is 2. The number of nitrogens with one attached hydrogen (secondary N) is 3. The minimum atomic E-state index is -0.759. The molecule has 9 nitrogen and oxygen atoms in total. The number of aromatic nitrogens is 2. The molecule has 0 unspecified atom stereocenters. The number of carbonyl (C=O) groups excluding carboxylic acids is 2. The molecule has 40 heavy (non-hydrogen) atoms. The Morgan fingerprint density at radius 1 is 1.00 bits per heavy atom. The molecule has 0 aliphatic carbocycles. The summed E-state index contributed by atoms with van der Waals surface area (Å²) < 4.78 is 7.61. The predicted molar refractivity (Wildman–Crippen MR) is 159 cm³/mol. The number of benzene rings is 2. The summed E-state index contributed by atoms with van der Waals surface area (Å²) in [4.78, 5) is 35.3. The zero-order chi connectivity index (χ0) is 27.6. The molecule has 1 atom stereocenters. The maximum Gasteiger partial charge on any atom is 0.256 e. The van der Waals surface area contributed by atoms with Crippen molar-refractivity contribution in [1.29, 1.82) is 5.26 Å². The number of fused-ring (bicyclic) bond motifs is 2. The summed E-state index contributed by atoms with van der Waals surface area (Å²) in [7, 11) is 0. The summed E-state index contributed by atoms with van der Waals surface area (Å²) in [6.45, 7) is 1.76. The molecule has 4 heterocycles. The standard InChI is InChI=1S/C28H20N6O3S3/c1-15-23(25(36)34-28-32-18-8-3-5-11-21(18)40-28)24(19-9-6-12-37-19)16(13-29)26(30-15)38-14-22(35)33-27-31-17-7-2-4-10-20(17)39-27/h2-12,24,30H,14H2,1H3,(H,31,33,35)(H,32,34,36)/t24-/m1/s1. The second-order valence-electron chi connectivity index (χ2n) is 8.73. The van der Waals surface area contributed by atoms with Gasteiger partial charge in [-0.15, -0.1) is 0 Å². The fourth-order valence-electron chi connectivity index (χ4n) is 4.38. The van der Waals surface area contributed by atoms with Gasteiger partial charge >= 0.3 is 0 Å². The van der Waals surface area contributed by atoms with E-state index in [2.05, 4.69) is 32.0 Å².